The van der Waals surface area contributed by atoms with Crippen molar-refractivity contribution < 1.29 is 46.2 Å². The highest BCUT2D eigenvalue weighted by molar-refractivity contribution is 8.06. The molecule has 6 rings (SSSR count). The fourth-order valence-corrected chi connectivity index (χ4v) is 6.14. The lowest BCUT2D eigenvalue weighted by Gasteiger charge is -2.16. The number of halogens is 2. The van der Waals surface area contributed by atoms with E-state index in [4.69, 9.17) is 34.5 Å². The Hall–Kier alpha value is -3.17. The Morgan fingerprint density at radius 2 is 1.84 bits per heavy atom. The van der Waals surface area contributed by atoms with Gasteiger partial charge in [0.1, 0.15) is 43.1 Å². The second-order valence-corrected chi connectivity index (χ2v) is 13.2. The van der Waals surface area contributed by atoms with Crippen molar-refractivity contribution in [3.63, 3.8) is 0 Å². The molecule has 6 heterocycles. The molecule has 24 heteroatoms. The summed E-state index contributed by atoms with van der Waals surface area (Å²) in [4.78, 5) is 53.3. The quantitative estimate of drug-likeness (QED) is 0.141. The van der Waals surface area contributed by atoms with Crippen LogP contribution in [0.3, 0.4) is 0 Å². The van der Waals surface area contributed by atoms with Crippen LogP contribution in [-0.2, 0) is 39.4 Å². The summed E-state index contributed by atoms with van der Waals surface area (Å²) in [7, 11) is -3.11. The molecule has 8 atom stereocenters. The van der Waals surface area contributed by atoms with Crippen molar-refractivity contribution in [1.29, 1.82) is 0 Å². The average molecular weight is 679 g/mol. The van der Waals surface area contributed by atoms with E-state index < -0.39 is 76.9 Å². The molecule has 2 aliphatic heterocycles. The Balaban J connectivity index is 1.13. The van der Waals surface area contributed by atoms with Crippen LogP contribution in [0.25, 0.3) is 22.3 Å². The van der Waals surface area contributed by atoms with E-state index in [-0.39, 0.29) is 40.5 Å². The third kappa shape index (κ3) is 6.05. The zero-order valence-electron chi connectivity index (χ0n) is 22.0. The van der Waals surface area contributed by atoms with Gasteiger partial charge in [-0.2, -0.15) is 4.98 Å². The van der Waals surface area contributed by atoms with Gasteiger partial charge in [0.05, 0.1) is 19.3 Å². The Kier molecular flexibility index (Phi) is 8.39. The molecular weight excluding hydrogens is 656 g/mol. The van der Waals surface area contributed by atoms with Gasteiger partial charge in [0.15, 0.2) is 41.1 Å². The summed E-state index contributed by atoms with van der Waals surface area (Å²) >= 11 is 4.45. The number of ether oxygens (including phenoxy) is 2. The summed E-state index contributed by atoms with van der Waals surface area (Å²) < 4.78 is 72.7. The van der Waals surface area contributed by atoms with Crippen LogP contribution in [0.1, 0.15) is 18.9 Å². The Morgan fingerprint density at radius 1 is 1.09 bits per heavy atom. The molecule has 44 heavy (non-hydrogen) atoms. The third-order valence-electron chi connectivity index (χ3n) is 6.81. The standard InChI is InChI=1S/C20H22F2N10O9P2S/c21-7-1-10(31-5-28-13-17(31)29-20(24)30-18(13)33)39-8(7)2-37-42(34)41-14-9(3-38-43(35,36)44)40-19(11(14)22)32-6-27-12-15(23)25-4-26-16(12)32/h4-11,14,19H,1-3H2,(H6-,23,24,25,26,29,30,33,35,36,44)/p+1/t7-,8-,9-,10-,11+,14?,19-/m1/s1. The van der Waals surface area contributed by atoms with E-state index in [0.717, 1.165) is 6.33 Å². The number of fused-ring (bicyclic) bond motifs is 2. The van der Waals surface area contributed by atoms with Crippen molar-refractivity contribution in [1.82, 2.24) is 39.0 Å². The maximum atomic E-state index is 15.8. The number of hydrogen-bond donors (Lipinski definition) is 5. The maximum Gasteiger partial charge on any atom is 0.697 e. The first-order chi connectivity index (χ1) is 20.9. The minimum atomic E-state index is -4.19. The van der Waals surface area contributed by atoms with Crippen LogP contribution in [0.2, 0.25) is 0 Å². The smallest absolute Gasteiger partial charge is 0.382 e. The molecule has 19 nitrogen and oxygen atoms in total. The summed E-state index contributed by atoms with van der Waals surface area (Å²) in [6, 6.07) is 0. The number of nitrogens with two attached hydrogens (primary N) is 2. The lowest BCUT2D eigenvalue weighted by Crippen LogP contribution is -2.33. The third-order valence-corrected chi connectivity index (χ3v) is 8.39. The van der Waals surface area contributed by atoms with Gasteiger partial charge in [0.25, 0.3) is 5.56 Å². The second-order valence-electron chi connectivity index (χ2n) is 9.62. The number of aromatic amines is 1. The van der Waals surface area contributed by atoms with Gasteiger partial charge in [-0.05, 0) is 11.8 Å². The van der Waals surface area contributed by atoms with Crippen LogP contribution in [0, 0.1) is 0 Å². The molecule has 0 aromatic carbocycles. The molecule has 2 fully saturated rings. The highest BCUT2D eigenvalue weighted by Gasteiger charge is 2.53. The highest BCUT2D eigenvalue weighted by Crippen LogP contribution is 2.44. The molecular formula is C20H23F2N10O9P2S+. The van der Waals surface area contributed by atoms with E-state index in [0.29, 0.717) is 0 Å². The predicted molar refractivity (Wildman–Crippen MR) is 148 cm³/mol. The summed E-state index contributed by atoms with van der Waals surface area (Å²) in [5.74, 6) is -0.136. The van der Waals surface area contributed by atoms with E-state index in [9.17, 15) is 23.5 Å². The minimum Gasteiger partial charge on any atom is -0.382 e. The Labute approximate surface area is 249 Å². The molecule has 0 aliphatic carbocycles. The number of nitrogen functional groups attached to an aromatic ring is 2. The van der Waals surface area contributed by atoms with Crippen molar-refractivity contribution in [3.05, 3.63) is 29.3 Å². The zero-order valence-corrected chi connectivity index (χ0v) is 24.6. The second kappa shape index (κ2) is 12.0. The van der Waals surface area contributed by atoms with Crippen LogP contribution in [0.4, 0.5) is 20.5 Å². The van der Waals surface area contributed by atoms with Crippen molar-refractivity contribution in [2.24, 2.45) is 0 Å². The largest absolute Gasteiger partial charge is 0.697 e. The van der Waals surface area contributed by atoms with E-state index in [1.807, 2.05) is 0 Å². The molecule has 4 aromatic heterocycles. The number of imidazole rings is 2. The molecule has 4 aromatic rings. The van der Waals surface area contributed by atoms with E-state index in [1.54, 1.807) is 0 Å². The topological polar surface area (TPSA) is 263 Å². The summed E-state index contributed by atoms with van der Waals surface area (Å²) in [5.41, 5.74) is 11.2. The van der Waals surface area contributed by atoms with Crippen molar-refractivity contribution in [2.75, 3.05) is 24.7 Å². The van der Waals surface area contributed by atoms with E-state index in [2.05, 4.69) is 41.7 Å². The normalized spacial score (nSPS) is 27.9. The number of H-pyrrole nitrogens is 1. The van der Waals surface area contributed by atoms with Gasteiger partial charge < -0.3 is 35.3 Å². The van der Waals surface area contributed by atoms with Crippen LogP contribution in [0.5, 0.6) is 0 Å². The molecule has 2 aliphatic rings. The van der Waals surface area contributed by atoms with Gasteiger partial charge in [-0.25, -0.2) is 28.7 Å². The first-order valence-electron chi connectivity index (χ1n) is 12.6. The van der Waals surface area contributed by atoms with Crippen LogP contribution < -0.4 is 17.0 Å². The molecule has 0 saturated carbocycles. The van der Waals surface area contributed by atoms with Crippen LogP contribution in [0.15, 0.2) is 23.8 Å². The Morgan fingerprint density at radius 3 is 2.61 bits per heavy atom. The molecule has 0 spiro atoms. The van der Waals surface area contributed by atoms with Gasteiger partial charge in [0, 0.05) is 11.0 Å². The lowest BCUT2D eigenvalue weighted by molar-refractivity contribution is -0.0436. The minimum absolute atomic E-state index is 0.0248. The molecule has 0 amide bonds. The summed E-state index contributed by atoms with van der Waals surface area (Å²) in [5, 5.41) is 0. The molecule has 236 valence electrons. The first-order valence-corrected chi connectivity index (χ1v) is 16.3. The number of rotatable bonds is 10. The predicted octanol–water partition coefficient (Wildman–Crippen LogP) is 0.270. The SMILES string of the molecule is Nc1nc2c(ncn2[C@H]2C[C@@H](F)[C@@H](CO[P+](=O)OC3[C@@H](COP(O)(O)=S)O[C@@H](n4cnc5c(N)ncnc54)[C@H]3F)O2)c(=O)[nH]1. The van der Waals surface area contributed by atoms with Crippen LogP contribution >= 0.6 is 15.0 Å². The van der Waals surface area contributed by atoms with Gasteiger partial charge >= 0.3 is 15.0 Å². The number of nitrogens with one attached hydrogen (secondary N) is 1. The maximum absolute atomic E-state index is 15.8. The fraction of sp³-hybridized carbons (Fsp3) is 0.500. The molecule has 0 radical (unpaired) electrons. The molecule has 0 bridgehead atoms. The Bertz CT molecular complexity index is 1820. The molecule has 2 saturated heterocycles. The van der Waals surface area contributed by atoms with Gasteiger partial charge in [0.2, 0.25) is 5.95 Å². The number of anilines is 2. The number of alkyl halides is 2. The number of aromatic nitrogens is 8. The zero-order chi connectivity index (χ0) is 31.3. The van der Waals surface area contributed by atoms with Gasteiger partial charge in [-0.15, -0.1) is 9.05 Å². The van der Waals surface area contributed by atoms with E-state index in [1.165, 1.54) is 21.8 Å². The first kappa shape index (κ1) is 30.8. The van der Waals surface area contributed by atoms with Gasteiger partial charge in [-0.3, -0.25) is 18.9 Å². The molecule has 2 unspecified atom stereocenters. The van der Waals surface area contributed by atoms with Crippen molar-refractivity contribution in [2.45, 2.75) is 49.5 Å². The monoisotopic (exact) mass is 679 g/mol. The van der Waals surface area contributed by atoms with Crippen molar-refractivity contribution >= 4 is 60.9 Å². The highest BCUT2D eigenvalue weighted by atomic mass is 32.5. The number of hydrogen-bond acceptors (Lipinski definition) is 15. The summed E-state index contributed by atoms with van der Waals surface area (Å²) in [6.07, 6.45) is -6.89. The summed E-state index contributed by atoms with van der Waals surface area (Å²) in [6.45, 7) is -5.41. The fourth-order valence-electron chi connectivity index (χ4n) is 4.83. The van der Waals surface area contributed by atoms with Crippen LogP contribution in [-0.4, -0.2) is 92.7 Å². The molecule has 7 N–H and O–H groups in total. The van der Waals surface area contributed by atoms with Crippen molar-refractivity contribution in [3.8, 4) is 0 Å². The van der Waals surface area contributed by atoms with Gasteiger partial charge in [-0.1, -0.05) is 0 Å². The van der Waals surface area contributed by atoms with E-state index >= 15 is 4.39 Å². The number of nitrogens with zero attached hydrogens (tertiary/aromatic N) is 7. The lowest BCUT2D eigenvalue weighted by atomic mass is 10.1. The average Bonchev–Trinajstić information content (AvgIpc) is 3.72.